The topological polar surface area (TPSA) is 29.1 Å². The first kappa shape index (κ1) is 17.9. The molecule has 0 aliphatic rings. The van der Waals surface area contributed by atoms with Gasteiger partial charge in [-0.1, -0.05) is 60.1 Å². The van der Waals surface area contributed by atoms with E-state index < -0.39 is 0 Å². The highest BCUT2D eigenvalue weighted by molar-refractivity contribution is 7.99. The molecule has 2 rings (SSSR count). The van der Waals surface area contributed by atoms with Crippen molar-refractivity contribution in [2.45, 2.75) is 31.6 Å². The van der Waals surface area contributed by atoms with E-state index in [1.807, 2.05) is 42.5 Å². The number of hydrogen-bond acceptors (Lipinski definition) is 2. The lowest BCUT2D eigenvalue weighted by Crippen LogP contribution is -2.45. The summed E-state index contributed by atoms with van der Waals surface area (Å²) in [4.78, 5) is 12.2. The van der Waals surface area contributed by atoms with Crippen LogP contribution in [0.3, 0.4) is 0 Å². The monoisotopic (exact) mass is 347 g/mol. The molecule has 2 aromatic carbocycles. The van der Waals surface area contributed by atoms with Gasteiger partial charge in [0.25, 0.3) is 0 Å². The molecule has 23 heavy (non-hydrogen) atoms. The maximum Gasteiger partial charge on any atom is 0.230 e. The Bertz CT molecular complexity index is 643. The smallest absolute Gasteiger partial charge is 0.230 e. The third kappa shape index (κ3) is 6.28. The molecule has 0 fully saturated rings. The highest BCUT2D eigenvalue weighted by Gasteiger charge is 2.20. The largest absolute Gasteiger partial charge is 0.350 e. The summed E-state index contributed by atoms with van der Waals surface area (Å²) in [5.74, 6) is 1.23. The molecule has 2 nitrogen and oxygen atoms in total. The molecule has 0 aliphatic carbocycles. The van der Waals surface area contributed by atoms with Crippen LogP contribution in [0.1, 0.15) is 25.0 Å². The van der Waals surface area contributed by atoms with Crippen molar-refractivity contribution in [2.75, 3.05) is 5.75 Å². The van der Waals surface area contributed by atoms with E-state index in [2.05, 4.69) is 31.3 Å². The summed E-state index contributed by atoms with van der Waals surface area (Å²) < 4.78 is 0. The minimum absolute atomic E-state index is 0.0583. The van der Waals surface area contributed by atoms with Gasteiger partial charge in [-0.2, -0.15) is 0 Å². The standard InChI is InChI=1S/C19H22ClNOS/c1-19(2,12-15-8-4-3-5-9-15)21-18(22)14-23-13-16-10-6-7-11-17(16)20/h3-11H,12-14H2,1-2H3,(H,21,22). The fourth-order valence-electron chi connectivity index (χ4n) is 2.43. The van der Waals surface area contributed by atoms with E-state index in [1.165, 1.54) is 5.56 Å². The molecule has 0 bridgehead atoms. The minimum Gasteiger partial charge on any atom is -0.350 e. The Hall–Kier alpha value is -1.45. The third-order valence-electron chi connectivity index (χ3n) is 3.42. The van der Waals surface area contributed by atoms with Gasteiger partial charge < -0.3 is 5.32 Å². The molecule has 0 spiro atoms. The predicted octanol–water partition coefficient (Wildman–Crippen LogP) is 4.71. The zero-order valence-electron chi connectivity index (χ0n) is 13.5. The number of hydrogen-bond donors (Lipinski definition) is 1. The average Bonchev–Trinajstić information content (AvgIpc) is 2.49. The molecule has 0 heterocycles. The van der Waals surface area contributed by atoms with Crippen LogP contribution < -0.4 is 5.32 Å². The van der Waals surface area contributed by atoms with Gasteiger partial charge >= 0.3 is 0 Å². The van der Waals surface area contributed by atoms with Crippen LogP contribution in [0.15, 0.2) is 54.6 Å². The van der Waals surface area contributed by atoms with Crippen LogP contribution in [0.5, 0.6) is 0 Å². The minimum atomic E-state index is -0.261. The fourth-order valence-corrected chi connectivity index (χ4v) is 3.55. The Morgan fingerprint density at radius 3 is 2.43 bits per heavy atom. The second-order valence-electron chi connectivity index (χ2n) is 6.18. The van der Waals surface area contributed by atoms with Crippen molar-refractivity contribution in [3.05, 3.63) is 70.7 Å². The van der Waals surface area contributed by atoms with Gasteiger partial charge in [0, 0.05) is 16.3 Å². The molecule has 0 atom stereocenters. The second kappa shape index (κ2) is 8.42. The molecule has 1 N–H and O–H groups in total. The first-order valence-corrected chi connectivity index (χ1v) is 9.16. The summed E-state index contributed by atoms with van der Waals surface area (Å²) in [5, 5.41) is 3.87. The van der Waals surface area contributed by atoms with Crippen LogP contribution in [-0.2, 0) is 17.0 Å². The van der Waals surface area contributed by atoms with Crippen molar-refractivity contribution in [1.82, 2.24) is 5.32 Å². The maximum absolute atomic E-state index is 12.2. The van der Waals surface area contributed by atoms with Crippen molar-refractivity contribution in [3.8, 4) is 0 Å². The van der Waals surface area contributed by atoms with Gasteiger partial charge in [-0.3, -0.25) is 4.79 Å². The zero-order valence-corrected chi connectivity index (χ0v) is 15.1. The molecule has 0 unspecified atom stereocenters. The van der Waals surface area contributed by atoms with Crippen LogP contribution in [0.25, 0.3) is 0 Å². The molecular formula is C19H22ClNOS. The van der Waals surface area contributed by atoms with Crippen molar-refractivity contribution in [3.63, 3.8) is 0 Å². The van der Waals surface area contributed by atoms with Crippen LogP contribution in [0.2, 0.25) is 5.02 Å². The van der Waals surface area contributed by atoms with Gasteiger partial charge in [-0.25, -0.2) is 0 Å². The second-order valence-corrected chi connectivity index (χ2v) is 7.57. The fraction of sp³-hybridized carbons (Fsp3) is 0.316. The molecule has 4 heteroatoms. The lowest BCUT2D eigenvalue weighted by molar-refractivity contribution is -0.120. The number of benzene rings is 2. The van der Waals surface area contributed by atoms with E-state index in [9.17, 15) is 4.79 Å². The number of thioether (sulfide) groups is 1. The van der Waals surface area contributed by atoms with Gasteiger partial charge in [0.05, 0.1) is 5.75 Å². The van der Waals surface area contributed by atoms with Crippen LogP contribution in [0.4, 0.5) is 0 Å². The quantitative estimate of drug-likeness (QED) is 0.785. The van der Waals surface area contributed by atoms with Crippen molar-refractivity contribution in [2.24, 2.45) is 0 Å². The molecule has 1 amide bonds. The first-order valence-electron chi connectivity index (χ1n) is 7.62. The van der Waals surface area contributed by atoms with Gasteiger partial charge in [0.1, 0.15) is 0 Å². The Balaban J connectivity index is 1.78. The lowest BCUT2D eigenvalue weighted by atomic mass is 9.95. The number of amides is 1. The lowest BCUT2D eigenvalue weighted by Gasteiger charge is -2.26. The third-order valence-corrected chi connectivity index (χ3v) is 4.77. The first-order chi connectivity index (χ1) is 11.0. The average molecular weight is 348 g/mol. The van der Waals surface area contributed by atoms with E-state index >= 15 is 0 Å². The van der Waals surface area contributed by atoms with Crippen molar-refractivity contribution >= 4 is 29.3 Å². The molecule has 0 aliphatic heterocycles. The molecule has 0 aromatic heterocycles. The number of rotatable bonds is 7. The maximum atomic E-state index is 12.2. The van der Waals surface area contributed by atoms with Gasteiger partial charge in [-0.15, -0.1) is 11.8 Å². The molecule has 122 valence electrons. The van der Waals surface area contributed by atoms with Gasteiger partial charge in [-0.05, 0) is 37.5 Å². The predicted molar refractivity (Wildman–Crippen MR) is 100.0 cm³/mol. The number of carbonyl (C=O) groups is 1. The molecule has 0 saturated carbocycles. The Morgan fingerprint density at radius 2 is 1.74 bits per heavy atom. The van der Waals surface area contributed by atoms with Crippen molar-refractivity contribution in [1.29, 1.82) is 0 Å². The Morgan fingerprint density at radius 1 is 1.09 bits per heavy atom. The van der Waals surface area contributed by atoms with Gasteiger partial charge in [0.15, 0.2) is 0 Å². The molecule has 0 saturated heterocycles. The highest BCUT2D eigenvalue weighted by atomic mass is 35.5. The van der Waals surface area contributed by atoms with E-state index in [1.54, 1.807) is 11.8 Å². The summed E-state index contributed by atoms with van der Waals surface area (Å²) >= 11 is 7.70. The summed E-state index contributed by atoms with van der Waals surface area (Å²) in [6.07, 6.45) is 0.814. The van der Waals surface area contributed by atoms with E-state index in [0.29, 0.717) is 5.75 Å². The van der Waals surface area contributed by atoms with E-state index in [4.69, 9.17) is 11.6 Å². The highest BCUT2D eigenvalue weighted by Crippen LogP contribution is 2.21. The van der Waals surface area contributed by atoms with E-state index in [0.717, 1.165) is 22.8 Å². The summed E-state index contributed by atoms with van der Waals surface area (Å²) in [6.45, 7) is 4.10. The van der Waals surface area contributed by atoms with Gasteiger partial charge in [0.2, 0.25) is 5.91 Å². The summed E-state index contributed by atoms with van der Waals surface area (Å²) in [5.41, 5.74) is 2.03. The molecule has 2 aromatic rings. The zero-order chi connectivity index (χ0) is 16.7. The van der Waals surface area contributed by atoms with E-state index in [-0.39, 0.29) is 11.4 Å². The summed E-state index contributed by atoms with van der Waals surface area (Å²) in [6, 6.07) is 18.0. The van der Waals surface area contributed by atoms with Crippen LogP contribution in [-0.4, -0.2) is 17.2 Å². The summed E-state index contributed by atoms with van der Waals surface area (Å²) in [7, 11) is 0. The SMILES string of the molecule is CC(C)(Cc1ccccc1)NC(=O)CSCc1ccccc1Cl. The number of nitrogens with one attached hydrogen (secondary N) is 1. The normalized spacial score (nSPS) is 11.3. The number of carbonyl (C=O) groups excluding carboxylic acids is 1. The van der Waals surface area contributed by atoms with Crippen molar-refractivity contribution < 1.29 is 4.79 Å². The van der Waals surface area contributed by atoms with Crippen LogP contribution in [0, 0.1) is 0 Å². The molecular weight excluding hydrogens is 326 g/mol. The van der Waals surface area contributed by atoms with Crippen LogP contribution >= 0.6 is 23.4 Å². The molecule has 0 radical (unpaired) electrons. The Kier molecular flexibility index (Phi) is 6.55. The number of halogens is 1. The Labute approximate surface area is 147 Å².